The lowest BCUT2D eigenvalue weighted by Gasteiger charge is -2.00. The zero-order chi connectivity index (χ0) is 8.81. The van der Waals surface area contributed by atoms with Gasteiger partial charge in [0, 0.05) is 6.42 Å². The van der Waals surface area contributed by atoms with Crippen LogP contribution in [0, 0.1) is 5.41 Å². The lowest BCUT2D eigenvalue weighted by Crippen LogP contribution is -1.96. The van der Waals surface area contributed by atoms with E-state index in [1.165, 1.54) is 5.56 Å². The Morgan fingerprint density at radius 2 is 2.00 bits per heavy atom. The average Bonchev–Trinajstić information content (AvgIpc) is 2.06. The van der Waals surface area contributed by atoms with Crippen LogP contribution in [0.15, 0.2) is 30.3 Å². The van der Waals surface area contributed by atoms with Gasteiger partial charge in [0.05, 0.1) is 5.04 Å². The summed E-state index contributed by atoms with van der Waals surface area (Å²) >= 11 is 1.61. The highest BCUT2D eigenvalue weighted by atomic mass is 32.2. The molecule has 0 bridgehead atoms. The van der Waals surface area contributed by atoms with Crippen molar-refractivity contribution in [2.24, 2.45) is 0 Å². The second-order valence-electron chi connectivity index (χ2n) is 2.52. The first-order valence-electron chi connectivity index (χ1n) is 4.07. The van der Waals surface area contributed by atoms with E-state index in [9.17, 15) is 0 Å². The summed E-state index contributed by atoms with van der Waals surface area (Å²) in [7, 11) is 0. The summed E-state index contributed by atoms with van der Waals surface area (Å²) < 4.78 is 0. The average molecular weight is 179 g/mol. The van der Waals surface area contributed by atoms with Gasteiger partial charge < -0.3 is 0 Å². The molecule has 0 aromatic heterocycles. The zero-order valence-electron chi connectivity index (χ0n) is 7.21. The lowest BCUT2D eigenvalue weighted by atomic mass is 10.2. The molecule has 0 unspecified atom stereocenters. The number of benzene rings is 1. The molecule has 0 aliphatic heterocycles. The number of rotatable bonds is 3. The van der Waals surface area contributed by atoms with Crippen molar-refractivity contribution in [3.8, 4) is 0 Å². The van der Waals surface area contributed by atoms with Crippen LogP contribution in [0.25, 0.3) is 0 Å². The third-order valence-electron chi connectivity index (χ3n) is 1.53. The second kappa shape index (κ2) is 4.99. The molecular formula is C10H13NS. The van der Waals surface area contributed by atoms with E-state index in [4.69, 9.17) is 5.41 Å². The predicted octanol–water partition coefficient (Wildman–Crippen LogP) is 2.96. The van der Waals surface area contributed by atoms with Gasteiger partial charge >= 0.3 is 0 Å². The third-order valence-corrected chi connectivity index (χ3v) is 2.31. The van der Waals surface area contributed by atoms with E-state index in [1.807, 2.05) is 18.2 Å². The summed E-state index contributed by atoms with van der Waals surface area (Å²) in [6.45, 7) is 2.07. The predicted molar refractivity (Wildman–Crippen MR) is 56.0 cm³/mol. The molecular weight excluding hydrogens is 166 g/mol. The fourth-order valence-electron chi connectivity index (χ4n) is 1.01. The van der Waals surface area contributed by atoms with Gasteiger partial charge in [0.2, 0.25) is 0 Å². The van der Waals surface area contributed by atoms with Gasteiger partial charge in [0.25, 0.3) is 0 Å². The van der Waals surface area contributed by atoms with Crippen LogP contribution < -0.4 is 0 Å². The normalized spacial score (nSPS) is 9.75. The third kappa shape index (κ3) is 3.09. The molecule has 1 nitrogen and oxygen atoms in total. The summed E-state index contributed by atoms with van der Waals surface area (Å²) in [6.07, 6.45) is 0.777. The molecule has 1 N–H and O–H groups in total. The van der Waals surface area contributed by atoms with E-state index in [0.29, 0.717) is 0 Å². The molecule has 0 aliphatic rings. The standard InChI is InChI=1S/C10H13NS/c1-2-12-10(11)8-9-6-4-3-5-7-9/h3-7,11H,2,8H2,1H3. The molecule has 64 valence electrons. The number of hydrogen-bond donors (Lipinski definition) is 1. The molecule has 0 heterocycles. The maximum atomic E-state index is 7.59. The van der Waals surface area contributed by atoms with Crippen molar-refractivity contribution in [1.82, 2.24) is 0 Å². The van der Waals surface area contributed by atoms with Crippen molar-refractivity contribution < 1.29 is 0 Å². The summed E-state index contributed by atoms with van der Waals surface area (Å²) in [5.41, 5.74) is 1.23. The highest BCUT2D eigenvalue weighted by Gasteiger charge is 1.97. The Bertz CT molecular complexity index is 243. The Morgan fingerprint density at radius 3 is 2.58 bits per heavy atom. The Morgan fingerprint density at radius 1 is 1.33 bits per heavy atom. The SMILES string of the molecule is CCSC(=N)Cc1ccccc1. The van der Waals surface area contributed by atoms with Crippen LogP contribution in [0.5, 0.6) is 0 Å². The fraction of sp³-hybridized carbons (Fsp3) is 0.300. The Labute approximate surface area is 77.7 Å². The van der Waals surface area contributed by atoms with Crippen molar-refractivity contribution in [1.29, 1.82) is 5.41 Å². The summed E-state index contributed by atoms with van der Waals surface area (Å²) in [4.78, 5) is 0. The number of nitrogens with one attached hydrogen (secondary N) is 1. The van der Waals surface area contributed by atoms with Crippen molar-refractivity contribution >= 4 is 16.8 Å². The van der Waals surface area contributed by atoms with E-state index in [2.05, 4.69) is 19.1 Å². The molecule has 1 rings (SSSR count). The molecule has 0 fully saturated rings. The van der Waals surface area contributed by atoms with Crippen LogP contribution in [0.4, 0.5) is 0 Å². The Hall–Kier alpha value is -0.760. The first-order chi connectivity index (χ1) is 5.83. The van der Waals surface area contributed by atoms with Gasteiger partial charge in [0.15, 0.2) is 0 Å². The van der Waals surface area contributed by atoms with Crippen LogP contribution in [0.2, 0.25) is 0 Å². The van der Waals surface area contributed by atoms with Crippen LogP contribution in [-0.2, 0) is 6.42 Å². The molecule has 0 saturated carbocycles. The van der Waals surface area contributed by atoms with Gasteiger partial charge in [0.1, 0.15) is 0 Å². The molecule has 0 amide bonds. The second-order valence-corrected chi connectivity index (χ2v) is 3.88. The van der Waals surface area contributed by atoms with E-state index < -0.39 is 0 Å². The molecule has 1 aromatic carbocycles. The van der Waals surface area contributed by atoms with E-state index >= 15 is 0 Å². The van der Waals surface area contributed by atoms with Gasteiger partial charge in [-0.1, -0.05) is 37.3 Å². The van der Waals surface area contributed by atoms with Crippen LogP contribution in [0.3, 0.4) is 0 Å². The molecule has 0 saturated heterocycles. The van der Waals surface area contributed by atoms with Crippen molar-refractivity contribution in [3.05, 3.63) is 35.9 Å². The molecule has 0 atom stereocenters. The molecule has 0 spiro atoms. The van der Waals surface area contributed by atoms with Gasteiger partial charge in [-0.05, 0) is 11.3 Å². The zero-order valence-corrected chi connectivity index (χ0v) is 8.03. The van der Waals surface area contributed by atoms with Gasteiger partial charge in [-0.25, -0.2) is 0 Å². The first-order valence-corrected chi connectivity index (χ1v) is 5.05. The maximum Gasteiger partial charge on any atom is 0.0685 e. The minimum absolute atomic E-state index is 0.753. The minimum Gasteiger partial charge on any atom is -0.298 e. The van der Waals surface area contributed by atoms with E-state index in [-0.39, 0.29) is 0 Å². The maximum absolute atomic E-state index is 7.59. The van der Waals surface area contributed by atoms with Crippen molar-refractivity contribution in [2.75, 3.05) is 5.75 Å². The van der Waals surface area contributed by atoms with Crippen molar-refractivity contribution in [2.45, 2.75) is 13.3 Å². The van der Waals surface area contributed by atoms with E-state index in [1.54, 1.807) is 11.8 Å². The highest BCUT2D eigenvalue weighted by Crippen LogP contribution is 2.08. The summed E-state index contributed by atoms with van der Waals surface area (Å²) in [5.74, 6) is 0.992. The monoisotopic (exact) mass is 179 g/mol. The molecule has 0 aliphatic carbocycles. The van der Waals surface area contributed by atoms with Crippen LogP contribution in [0.1, 0.15) is 12.5 Å². The van der Waals surface area contributed by atoms with Gasteiger partial charge in [-0.3, -0.25) is 5.41 Å². The number of thioether (sulfide) groups is 1. The minimum atomic E-state index is 0.753. The fourth-order valence-corrected chi connectivity index (χ4v) is 1.62. The topological polar surface area (TPSA) is 23.9 Å². The summed E-state index contributed by atoms with van der Waals surface area (Å²) in [6, 6.07) is 10.1. The van der Waals surface area contributed by atoms with Crippen LogP contribution in [-0.4, -0.2) is 10.8 Å². The largest absolute Gasteiger partial charge is 0.298 e. The van der Waals surface area contributed by atoms with Crippen molar-refractivity contribution in [3.63, 3.8) is 0 Å². The molecule has 1 aromatic rings. The Kier molecular flexibility index (Phi) is 3.88. The summed E-state index contributed by atoms with van der Waals surface area (Å²) in [5, 5.41) is 8.34. The highest BCUT2D eigenvalue weighted by molar-refractivity contribution is 8.13. The van der Waals surface area contributed by atoms with Crippen LogP contribution >= 0.6 is 11.8 Å². The quantitative estimate of drug-likeness (QED) is 0.559. The van der Waals surface area contributed by atoms with Gasteiger partial charge in [-0.15, -0.1) is 11.8 Å². The molecule has 0 radical (unpaired) electrons. The molecule has 12 heavy (non-hydrogen) atoms. The van der Waals surface area contributed by atoms with E-state index in [0.717, 1.165) is 17.2 Å². The first kappa shape index (κ1) is 9.33. The lowest BCUT2D eigenvalue weighted by molar-refractivity contribution is 1.32. The Balaban J connectivity index is 2.47. The number of hydrogen-bond acceptors (Lipinski definition) is 2. The molecule has 2 heteroatoms. The smallest absolute Gasteiger partial charge is 0.0685 e. The van der Waals surface area contributed by atoms with Gasteiger partial charge in [-0.2, -0.15) is 0 Å².